The summed E-state index contributed by atoms with van der Waals surface area (Å²) in [7, 11) is 0. The van der Waals surface area contributed by atoms with Crippen LogP contribution in [0, 0.1) is 0 Å². The first-order valence-corrected chi connectivity index (χ1v) is 7.69. The van der Waals surface area contributed by atoms with Crippen molar-refractivity contribution in [2.45, 2.75) is 26.4 Å². The van der Waals surface area contributed by atoms with E-state index in [9.17, 15) is 9.59 Å². The monoisotopic (exact) mass is 354 g/mol. The van der Waals surface area contributed by atoms with Gasteiger partial charge in [0.25, 0.3) is 0 Å². The molecule has 0 spiro atoms. The van der Waals surface area contributed by atoms with E-state index in [0.29, 0.717) is 23.0 Å². The second-order valence-corrected chi connectivity index (χ2v) is 5.68. The van der Waals surface area contributed by atoms with E-state index in [2.05, 4.69) is 0 Å². The second kappa shape index (κ2) is 7.02. The summed E-state index contributed by atoms with van der Waals surface area (Å²) in [6.07, 6.45) is -1.84. The van der Waals surface area contributed by atoms with Gasteiger partial charge in [0.1, 0.15) is 10.1 Å². The number of cyclic esters (lactones) is 2. The number of ether oxygens (including phenoxy) is 4. The number of rotatable bonds is 6. The molecule has 2 rings (SSSR count). The first kappa shape index (κ1) is 16.6. The quantitative estimate of drug-likeness (QED) is 0.678. The van der Waals surface area contributed by atoms with Crippen molar-refractivity contribution in [3.63, 3.8) is 0 Å². The van der Waals surface area contributed by atoms with Crippen molar-refractivity contribution in [3.05, 3.63) is 19.9 Å². The highest BCUT2D eigenvalue weighted by molar-refractivity contribution is 8.07. The van der Waals surface area contributed by atoms with Gasteiger partial charge in [-0.2, -0.15) is 0 Å². The molecule has 0 aromatic carbocycles. The number of hydrogen-bond acceptors (Lipinski definition) is 7. The number of halogens is 2. The van der Waals surface area contributed by atoms with Gasteiger partial charge < -0.3 is 18.9 Å². The van der Waals surface area contributed by atoms with Crippen molar-refractivity contribution in [1.82, 2.24) is 0 Å². The van der Waals surface area contributed by atoms with Crippen LogP contribution in [-0.2, 0) is 28.5 Å². The summed E-state index contributed by atoms with van der Waals surface area (Å²) in [5.74, 6) is -1.37. The van der Waals surface area contributed by atoms with Gasteiger partial charge in [-0.15, -0.1) is 0 Å². The number of esters is 2. The summed E-state index contributed by atoms with van der Waals surface area (Å²) in [6, 6.07) is 0. The van der Waals surface area contributed by atoms with E-state index < -0.39 is 24.5 Å². The zero-order chi connectivity index (χ0) is 15.6. The van der Waals surface area contributed by atoms with Crippen LogP contribution in [0.5, 0.6) is 0 Å². The Balaban J connectivity index is 2.25. The van der Waals surface area contributed by atoms with Crippen molar-refractivity contribution in [3.8, 4) is 0 Å². The minimum absolute atomic E-state index is 0.106. The third-order valence-corrected chi connectivity index (χ3v) is 4.68. The van der Waals surface area contributed by atoms with Crippen LogP contribution in [0.3, 0.4) is 0 Å². The molecule has 0 bridgehead atoms. The summed E-state index contributed by atoms with van der Waals surface area (Å²) in [4.78, 5) is 23.7. The van der Waals surface area contributed by atoms with Crippen molar-refractivity contribution < 1.29 is 28.5 Å². The van der Waals surface area contributed by atoms with Crippen molar-refractivity contribution in [2.75, 3.05) is 13.2 Å². The average Bonchev–Trinajstić information content (AvgIpc) is 2.85. The fourth-order valence-electron chi connectivity index (χ4n) is 1.64. The molecule has 9 heteroatoms. The molecule has 0 amide bonds. The highest BCUT2D eigenvalue weighted by Crippen LogP contribution is 2.44. The third-order valence-electron chi connectivity index (χ3n) is 2.50. The molecular formula is C12H12Cl2O6S. The molecule has 2 heterocycles. The van der Waals surface area contributed by atoms with E-state index in [1.165, 1.54) is 0 Å². The zero-order valence-corrected chi connectivity index (χ0v) is 13.5. The normalized spacial score (nSPS) is 25.7. The fraction of sp³-hybridized carbons (Fsp3) is 0.500. The van der Waals surface area contributed by atoms with Crippen LogP contribution in [0.1, 0.15) is 13.8 Å². The zero-order valence-electron chi connectivity index (χ0n) is 11.2. The fourth-order valence-corrected chi connectivity index (χ4v) is 3.15. The SMILES string of the molecule is CCOC1OC(=O)C(Cl)=C1SC1=C(Cl)C(=O)OC1OCC. The third kappa shape index (κ3) is 3.37. The Kier molecular flexibility index (Phi) is 5.56. The molecule has 6 nitrogen and oxygen atoms in total. The summed E-state index contributed by atoms with van der Waals surface area (Å²) in [5, 5.41) is -0.213. The van der Waals surface area contributed by atoms with E-state index >= 15 is 0 Å². The smallest absolute Gasteiger partial charge is 0.353 e. The van der Waals surface area contributed by atoms with Crippen LogP contribution in [0.2, 0.25) is 0 Å². The number of thioether (sulfide) groups is 1. The molecule has 0 fully saturated rings. The van der Waals surface area contributed by atoms with Gasteiger partial charge in [-0.1, -0.05) is 35.0 Å². The Labute approximate surface area is 135 Å². The summed E-state index contributed by atoms with van der Waals surface area (Å²) < 4.78 is 20.5. The van der Waals surface area contributed by atoms with Gasteiger partial charge in [-0.05, 0) is 13.8 Å². The molecule has 116 valence electrons. The van der Waals surface area contributed by atoms with E-state index in [4.69, 9.17) is 42.1 Å². The molecule has 0 saturated carbocycles. The number of carbonyl (C=O) groups excluding carboxylic acids is 2. The first-order chi connectivity index (χ1) is 9.99. The lowest BCUT2D eigenvalue weighted by Crippen LogP contribution is -2.17. The lowest BCUT2D eigenvalue weighted by Gasteiger charge is -2.16. The van der Waals surface area contributed by atoms with Gasteiger partial charge in [-0.3, -0.25) is 0 Å². The molecule has 2 unspecified atom stereocenters. The average molecular weight is 355 g/mol. The maximum atomic E-state index is 11.5. The van der Waals surface area contributed by atoms with Crippen LogP contribution < -0.4 is 0 Å². The maximum absolute atomic E-state index is 11.5. The van der Waals surface area contributed by atoms with Crippen LogP contribution in [0.25, 0.3) is 0 Å². The maximum Gasteiger partial charge on any atom is 0.353 e. The molecule has 21 heavy (non-hydrogen) atoms. The van der Waals surface area contributed by atoms with Gasteiger partial charge in [-0.25, -0.2) is 9.59 Å². The summed E-state index contributed by atoms with van der Waals surface area (Å²) in [5.41, 5.74) is 0. The van der Waals surface area contributed by atoms with Crippen LogP contribution in [-0.4, -0.2) is 37.7 Å². The molecule has 0 saturated heterocycles. The Hall–Kier alpha value is -0.730. The molecule has 2 aliphatic rings. The second-order valence-electron chi connectivity index (χ2n) is 3.84. The van der Waals surface area contributed by atoms with Gasteiger partial charge in [0, 0.05) is 13.2 Å². The van der Waals surface area contributed by atoms with E-state index in [1.807, 2.05) is 0 Å². The van der Waals surface area contributed by atoms with Crippen LogP contribution in [0.4, 0.5) is 0 Å². The predicted octanol–water partition coefficient (Wildman–Crippen LogP) is 2.46. The molecule has 0 aromatic heterocycles. The molecular weight excluding hydrogens is 343 g/mol. The molecule has 2 atom stereocenters. The highest BCUT2D eigenvalue weighted by Gasteiger charge is 2.40. The Morgan fingerprint density at radius 2 is 1.33 bits per heavy atom. The Morgan fingerprint density at radius 1 is 0.952 bits per heavy atom. The van der Waals surface area contributed by atoms with Gasteiger partial charge in [0.15, 0.2) is 0 Å². The Bertz CT molecular complexity index is 484. The predicted molar refractivity (Wildman–Crippen MR) is 76.4 cm³/mol. The summed E-state index contributed by atoms with van der Waals surface area (Å²) in [6.45, 7) is 4.14. The topological polar surface area (TPSA) is 71.1 Å². The summed E-state index contributed by atoms with van der Waals surface area (Å²) >= 11 is 12.8. The molecule has 0 aromatic rings. The van der Waals surface area contributed by atoms with Crippen molar-refractivity contribution >= 4 is 46.9 Å². The molecule has 0 radical (unpaired) electrons. The lowest BCUT2D eigenvalue weighted by molar-refractivity contribution is -0.158. The molecule has 2 aliphatic heterocycles. The van der Waals surface area contributed by atoms with Gasteiger partial charge >= 0.3 is 11.9 Å². The standard InChI is InChI=1S/C12H12Cl2O6S/c1-3-17-11-7(5(13)9(15)19-11)21-8-6(14)10(16)20-12(8)18-4-2/h11-12H,3-4H2,1-2H3. The van der Waals surface area contributed by atoms with Crippen molar-refractivity contribution in [2.24, 2.45) is 0 Å². The van der Waals surface area contributed by atoms with Crippen molar-refractivity contribution in [1.29, 1.82) is 0 Å². The minimum Gasteiger partial charge on any atom is -0.426 e. The Morgan fingerprint density at radius 3 is 1.67 bits per heavy atom. The van der Waals surface area contributed by atoms with E-state index in [1.54, 1.807) is 13.8 Å². The number of hydrogen-bond donors (Lipinski definition) is 0. The largest absolute Gasteiger partial charge is 0.426 e. The van der Waals surface area contributed by atoms with Gasteiger partial charge in [0.2, 0.25) is 12.6 Å². The van der Waals surface area contributed by atoms with Crippen LogP contribution in [0.15, 0.2) is 19.9 Å². The highest BCUT2D eigenvalue weighted by atomic mass is 35.5. The molecule has 0 aliphatic carbocycles. The first-order valence-electron chi connectivity index (χ1n) is 6.11. The number of carbonyl (C=O) groups is 2. The minimum atomic E-state index is -0.921. The van der Waals surface area contributed by atoms with Crippen LogP contribution >= 0.6 is 35.0 Å². The lowest BCUT2D eigenvalue weighted by atomic mass is 10.5. The van der Waals surface area contributed by atoms with E-state index in [0.717, 1.165) is 11.8 Å². The van der Waals surface area contributed by atoms with Gasteiger partial charge in [0.05, 0.1) is 9.81 Å². The van der Waals surface area contributed by atoms with E-state index in [-0.39, 0.29) is 10.1 Å². The molecule has 0 N–H and O–H groups in total.